The van der Waals surface area contributed by atoms with Crippen LogP contribution in [0.2, 0.25) is 0 Å². The zero-order valence-electron chi connectivity index (χ0n) is 8.06. The molecule has 0 saturated heterocycles. The van der Waals surface area contributed by atoms with Crippen molar-refractivity contribution in [3.8, 4) is 0 Å². The Balaban J connectivity index is 2.30. The van der Waals surface area contributed by atoms with Gasteiger partial charge in [0.2, 0.25) is 11.8 Å². The summed E-state index contributed by atoms with van der Waals surface area (Å²) in [6, 6.07) is 0. The van der Waals surface area contributed by atoms with E-state index in [2.05, 4.69) is 20.3 Å². The van der Waals surface area contributed by atoms with Crippen molar-refractivity contribution in [2.24, 2.45) is 0 Å². The molecule has 0 radical (unpaired) electrons. The molecule has 0 fully saturated rings. The Hall–Kier alpha value is -2.31. The van der Waals surface area contributed by atoms with Gasteiger partial charge >= 0.3 is 0 Å². The van der Waals surface area contributed by atoms with Gasteiger partial charge in [-0.1, -0.05) is 0 Å². The van der Waals surface area contributed by atoms with Crippen molar-refractivity contribution < 1.29 is 4.42 Å². The van der Waals surface area contributed by atoms with Crippen LogP contribution in [-0.2, 0) is 0 Å². The van der Waals surface area contributed by atoms with E-state index in [9.17, 15) is 0 Å². The molecule has 2 aromatic rings. The summed E-state index contributed by atoms with van der Waals surface area (Å²) in [4.78, 5) is 11.7. The van der Waals surface area contributed by atoms with Crippen molar-refractivity contribution in [2.45, 2.75) is 6.92 Å². The number of nitrogens with one attached hydrogen (secondary N) is 1. The fourth-order valence-corrected chi connectivity index (χ4v) is 0.996. The van der Waals surface area contributed by atoms with Crippen LogP contribution in [0.5, 0.6) is 0 Å². The molecule has 0 spiro atoms. The predicted molar refractivity (Wildman–Crippen MR) is 55.4 cm³/mol. The summed E-state index contributed by atoms with van der Waals surface area (Å²) in [5.41, 5.74) is 11.9. The summed E-state index contributed by atoms with van der Waals surface area (Å²) < 4.78 is 4.96. The largest absolute Gasteiger partial charge is 0.428 e. The van der Waals surface area contributed by atoms with E-state index in [0.29, 0.717) is 23.1 Å². The Labute approximate surface area is 85.5 Å². The highest BCUT2D eigenvalue weighted by atomic mass is 16.4. The molecule has 78 valence electrons. The second-order valence-electron chi connectivity index (χ2n) is 2.93. The lowest BCUT2D eigenvalue weighted by Crippen LogP contribution is -2.06. The maximum atomic E-state index is 5.63. The van der Waals surface area contributed by atoms with E-state index in [1.54, 1.807) is 6.92 Å². The van der Waals surface area contributed by atoms with Gasteiger partial charge in [0.05, 0.1) is 6.20 Å². The van der Waals surface area contributed by atoms with Crippen molar-refractivity contribution in [3.63, 3.8) is 0 Å². The molecule has 0 aliphatic rings. The minimum atomic E-state index is 0.285. The van der Waals surface area contributed by atoms with Gasteiger partial charge in [-0.25, -0.2) is 4.98 Å². The summed E-state index contributed by atoms with van der Waals surface area (Å²) in [7, 11) is 0. The number of oxazole rings is 1. The minimum Gasteiger partial charge on any atom is -0.428 e. The number of hydrogen-bond donors (Lipinski definition) is 3. The van der Waals surface area contributed by atoms with Crippen LogP contribution in [0.25, 0.3) is 0 Å². The third-order valence-electron chi connectivity index (χ3n) is 1.89. The molecule has 0 aromatic carbocycles. The monoisotopic (exact) mass is 206 g/mol. The van der Waals surface area contributed by atoms with E-state index < -0.39 is 0 Å². The van der Waals surface area contributed by atoms with E-state index in [0.717, 1.165) is 0 Å². The smallest absolute Gasteiger partial charge is 0.233 e. The fraction of sp³-hybridized carbons (Fsp3) is 0.125. The van der Waals surface area contributed by atoms with Gasteiger partial charge < -0.3 is 15.9 Å². The third-order valence-corrected chi connectivity index (χ3v) is 1.89. The van der Waals surface area contributed by atoms with Crippen LogP contribution in [0.15, 0.2) is 17.0 Å². The molecule has 2 aromatic heterocycles. The Morgan fingerprint density at radius 1 is 1.27 bits per heavy atom. The van der Waals surface area contributed by atoms with Crippen molar-refractivity contribution in [2.75, 3.05) is 16.8 Å². The van der Waals surface area contributed by atoms with Crippen LogP contribution >= 0.6 is 0 Å². The Bertz CT molecular complexity index is 443. The van der Waals surface area contributed by atoms with Crippen LogP contribution < -0.4 is 16.8 Å². The summed E-state index contributed by atoms with van der Waals surface area (Å²) >= 11 is 0. The lowest BCUT2D eigenvalue weighted by molar-refractivity contribution is 0.574. The summed E-state index contributed by atoms with van der Waals surface area (Å²) in [6.07, 6.45) is 2.79. The van der Waals surface area contributed by atoms with Gasteiger partial charge in [0.15, 0.2) is 6.39 Å². The van der Waals surface area contributed by atoms with Crippen molar-refractivity contribution in [1.29, 1.82) is 0 Å². The van der Waals surface area contributed by atoms with Crippen molar-refractivity contribution in [1.82, 2.24) is 15.0 Å². The van der Waals surface area contributed by atoms with E-state index in [1.165, 1.54) is 12.6 Å². The van der Waals surface area contributed by atoms with E-state index in [4.69, 9.17) is 15.9 Å². The zero-order valence-corrected chi connectivity index (χ0v) is 8.06. The van der Waals surface area contributed by atoms with E-state index >= 15 is 0 Å². The maximum Gasteiger partial charge on any atom is 0.233 e. The number of aromatic nitrogens is 3. The van der Waals surface area contributed by atoms with Gasteiger partial charge in [-0.15, -0.1) is 0 Å². The first kappa shape index (κ1) is 9.25. The number of hydrogen-bond acceptors (Lipinski definition) is 7. The quantitative estimate of drug-likeness (QED) is 0.661. The third kappa shape index (κ3) is 1.80. The molecule has 5 N–H and O–H groups in total. The molecule has 7 nitrogen and oxygen atoms in total. The van der Waals surface area contributed by atoms with Gasteiger partial charge in [0.25, 0.3) is 0 Å². The molecule has 7 heteroatoms. The first-order valence-electron chi connectivity index (χ1n) is 4.22. The molecule has 0 aliphatic carbocycles. The van der Waals surface area contributed by atoms with Crippen LogP contribution in [0.4, 0.5) is 23.5 Å². The second kappa shape index (κ2) is 3.45. The number of nitrogens with zero attached hydrogens (tertiary/aromatic N) is 3. The Morgan fingerprint density at radius 3 is 2.47 bits per heavy atom. The molecule has 0 aliphatic heterocycles. The molecular formula is C8H10N6O. The minimum absolute atomic E-state index is 0.285. The van der Waals surface area contributed by atoms with Gasteiger partial charge in [0.1, 0.15) is 11.6 Å². The zero-order chi connectivity index (χ0) is 10.8. The highest BCUT2D eigenvalue weighted by Gasteiger charge is 2.06. The molecule has 0 bridgehead atoms. The van der Waals surface area contributed by atoms with Gasteiger partial charge in [-0.3, -0.25) is 5.32 Å². The molecule has 0 unspecified atom stereocenters. The first-order chi connectivity index (χ1) is 7.16. The van der Waals surface area contributed by atoms with Crippen LogP contribution in [0, 0.1) is 6.92 Å². The molecule has 2 heterocycles. The van der Waals surface area contributed by atoms with Gasteiger partial charge in [0, 0.05) is 5.56 Å². The van der Waals surface area contributed by atoms with Crippen molar-refractivity contribution in [3.05, 3.63) is 18.2 Å². The lowest BCUT2D eigenvalue weighted by atomic mass is 10.3. The summed E-state index contributed by atoms with van der Waals surface area (Å²) in [5.74, 6) is 1.39. The normalized spacial score (nSPS) is 10.2. The first-order valence-corrected chi connectivity index (χ1v) is 4.22. The molecular weight excluding hydrogens is 196 g/mol. The summed E-state index contributed by atoms with van der Waals surface area (Å²) in [6.45, 7) is 1.75. The van der Waals surface area contributed by atoms with Crippen LogP contribution in [-0.4, -0.2) is 15.0 Å². The lowest BCUT2D eigenvalue weighted by Gasteiger charge is -2.06. The number of rotatable bonds is 2. The molecule has 0 amide bonds. The Kier molecular flexibility index (Phi) is 2.13. The second-order valence-corrected chi connectivity index (χ2v) is 2.93. The fourth-order valence-electron chi connectivity index (χ4n) is 0.996. The number of nitrogen functional groups attached to an aromatic ring is 2. The number of nitrogens with two attached hydrogens (primary N) is 2. The standard InChI is InChI=1S/C8H10N6O/c1-4-6(9)13-8(14-7(4)10)12-5-2-11-3-15-5/h2-3H,1H3,(H5,9,10,12,13,14). The summed E-state index contributed by atoms with van der Waals surface area (Å²) in [5, 5.41) is 2.78. The SMILES string of the molecule is Cc1c(N)nc(Nc2cnco2)nc1N. The molecule has 15 heavy (non-hydrogen) atoms. The van der Waals surface area contributed by atoms with Gasteiger partial charge in [-0.2, -0.15) is 9.97 Å². The predicted octanol–water partition coefficient (Wildman–Crippen LogP) is 0.681. The average molecular weight is 206 g/mol. The number of anilines is 4. The molecule has 0 atom stereocenters. The van der Waals surface area contributed by atoms with Gasteiger partial charge in [-0.05, 0) is 6.92 Å². The highest BCUT2D eigenvalue weighted by molar-refractivity contribution is 5.57. The van der Waals surface area contributed by atoms with E-state index in [1.807, 2.05) is 0 Å². The highest BCUT2D eigenvalue weighted by Crippen LogP contribution is 2.18. The van der Waals surface area contributed by atoms with Crippen molar-refractivity contribution >= 4 is 23.5 Å². The van der Waals surface area contributed by atoms with Crippen LogP contribution in [0.3, 0.4) is 0 Å². The average Bonchev–Trinajstić information content (AvgIpc) is 2.66. The van der Waals surface area contributed by atoms with Crippen LogP contribution in [0.1, 0.15) is 5.56 Å². The molecule has 2 rings (SSSR count). The Morgan fingerprint density at radius 2 is 1.93 bits per heavy atom. The van der Waals surface area contributed by atoms with E-state index in [-0.39, 0.29) is 5.95 Å². The molecule has 0 saturated carbocycles. The maximum absolute atomic E-state index is 5.63. The topological polar surface area (TPSA) is 116 Å².